The van der Waals surface area contributed by atoms with Gasteiger partial charge in [-0.05, 0) is 63.4 Å². The minimum absolute atomic E-state index is 0.00828. The summed E-state index contributed by atoms with van der Waals surface area (Å²) in [5.41, 5.74) is 3.16. The fraction of sp³-hybridized carbons (Fsp3) is 0.600. The molecule has 1 aliphatic heterocycles. The van der Waals surface area contributed by atoms with E-state index in [1.807, 2.05) is 32.0 Å². The highest BCUT2D eigenvalue weighted by Crippen LogP contribution is 2.22. The van der Waals surface area contributed by atoms with Gasteiger partial charge in [-0.1, -0.05) is 12.5 Å². The van der Waals surface area contributed by atoms with E-state index in [2.05, 4.69) is 11.0 Å². The highest BCUT2D eigenvalue weighted by atomic mass is 16.3. The number of likely N-dealkylation sites (tertiary alicyclic amines) is 1. The Morgan fingerprint density at radius 2 is 2.16 bits per heavy atom. The van der Waals surface area contributed by atoms with E-state index in [0.717, 1.165) is 37.1 Å². The molecule has 1 saturated heterocycles. The first-order valence-electron chi connectivity index (χ1n) is 9.10. The van der Waals surface area contributed by atoms with Crippen LogP contribution in [-0.2, 0) is 4.79 Å². The third kappa shape index (κ3) is 5.04. The van der Waals surface area contributed by atoms with Crippen molar-refractivity contribution < 1.29 is 9.90 Å². The molecule has 136 valence electrons. The van der Waals surface area contributed by atoms with Crippen molar-refractivity contribution in [2.24, 2.45) is 0 Å². The van der Waals surface area contributed by atoms with Crippen LogP contribution >= 0.6 is 0 Å². The molecule has 1 aromatic carbocycles. The Bertz CT molecular complexity index is 636. The molecule has 0 radical (unpaired) electrons. The van der Waals surface area contributed by atoms with Gasteiger partial charge in [-0.25, -0.2) is 0 Å². The molecule has 2 rings (SSSR count). The molecule has 5 heteroatoms. The molecular weight excluding hydrogens is 314 g/mol. The summed E-state index contributed by atoms with van der Waals surface area (Å²) in [7, 11) is 0. The lowest BCUT2D eigenvalue weighted by Gasteiger charge is -2.38. The van der Waals surface area contributed by atoms with Gasteiger partial charge < -0.3 is 10.0 Å². The molecule has 1 N–H and O–H groups in total. The number of anilines is 1. The molecule has 5 nitrogen and oxygen atoms in total. The largest absolute Gasteiger partial charge is 0.392 e. The van der Waals surface area contributed by atoms with Crippen LogP contribution in [0.3, 0.4) is 0 Å². The number of aliphatic hydroxyl groups is 1. The number of piperidine rings is 1. The summed E-state index contributed by atoms with van der Waals surface area (Å²) in [6.45, 7) is 7.38. The number of nitriles is 1. The summed E-state index contributed by atoms with van der Waals surface area (Å²) in [6.07, 6.45) is 2.93. The van der Waals surface area contributed by atoms with Crippen molar-refractivity contribution in [1.29, 1.82) is 5.26 Å². The Morgan fingerprint density at radius 3 is 2.80 bits per heavy atom. The number of aryl methyl sites for hydroxylation is 2. The maximum absolute atomic E-state index is 13.0. The van der Waals surface area contributed by atoms with Gasteiger partial charge in [0.05, 0.1) is 25.1 Å². The van der Waals surface area contributed by atoms with Crippen LogP contribution in [-0.4, -0.2) is 47.7 Å². The van der Waals surface area contributed by atoms with Gasteiger partial charge in [0.15, 0.2) is 0 Å². The van der Waals surface area contributed by atoms with E-state index < -0.39 is 6.10 Å². The van der Waals surface area contributed by atoms with E-state index in [1.165, 1.54) is 5.56 Å². The lowest BCUT2D eigenvalue weighted by Crippen LogP contribution is -2.50. The average molecular weight is 343 g/mol. The molecule has 1 heterocycles. The topological polar surface area (TPSA) is 67.6 Å². The van der Waals surface area contributed by atoms with Gasteiger partial charge >= 0.3 is 0 Å². The molecule has 1 fully saturated rings. The second-order valence-corrected chi connectivity index (χ2v) is 7.00. The summed E-state index contributed by atoms with van der Waals surface area (Å²) in [5, 5.41) is 19.0. The van der Waals surface area contributed by atoms with Crippen LogP contribution in [0.2, 0.25) is 0 Å². The van der Waals surface area contributed by atoms with Crippen molar-refractivity contribution >= 4 is 11.6 Å². The molecule has 0 aromatic heterocycles. The maximum Gasteiger partial charge on any atom is 0.241 e. The second kappa shape index (κ2) is 8.98. The molecule has 1 aromatic rings. The number of rotatable bonds is 6. The van der Waals surface area contributed by atoms with Gasteiger partial charge in [0.25, 0.3) is 0 Å². The van der Waals surface area contributed by atoms with Crippen molar-refractivity contribution in [3.8, 4) is 6.07 Å². The molecule has 25 heavy (non-hydrogen) atoms. The van der Waals surface area contributed by atoms with Crippen LogP contribution in [0.4, 0.5) is 5.69 Å². The first-order valence-corrected chi connectivity index (χ1v) is 9.10. The van der Waals surface area contributed by atoms with E-state index in [9.17, 15) is 9.90 Å². The Kier molecular flexibility index (Phi) is 6.98. The van der Waals surface area contributed by atoms with Crippen LogP contribution < -0.4 is 4.90 Å². The lowest BCUT2D eigenvalue weighted by molar-refractivity contribution is -0.121. The molecule has 0 aliphatic carbocycles. The zero-order valence-corrected chi connectivity index (χ0v) is 15.5. The van der Waals surface area contributed by atoms with Gasteiger partial charge in [0.2, 0.25) is 5.91 Å². The van der Waals surface area contributed by atoms with E-state index in [-0.39, 0.29) is 18.5 Å². The number of amides is 1. The van der Waals surface area contributed by atoms with Crippen molar-refractivity contribution in [2.75, 3.05) is 24.5 Å². The fourth-order valence-corrected chi connectivity index (χ4v) is 3.47. The van der Waals surface area contributed by atoms with E-state index in [1.54, 1.807) is 11.8 Å². The quantitative estimate of drug-likeness (QED) is 0.862. The number of benzene rings is 1. The molecule has 2 unspecified atom stereocenters. The van der Waals surface area contributed by atoms with Crippen molar-refractivity contribution in [3.63, 3.8) is 0 Å². The number of carbonyl (C=O) groups is 1. The third-order valence-electron chi connectivity index (χ3n) is 5.11. The molecule has 1 amide bonds. The van der Waals surface area contributed by atoms with E-state index in [0.29, 0.717) is 13.0 Å². The SMILES string of the molecule is Cc1ccc(N(CCC#N)C(=O)CN2CCCCC2C(C)O)cc1C. The molecule has 2 atom stereocenters. The predicted octanol–water partition coefficient (Wildman–Crippen LogP) is 2.79. The number of hydrogen-bond acceptors (Lipinski definition) is 4. The summed E-state index contributed by atoms with van der Waals surface area (Å²) in [6, 6.07) is 8.13. The highest BCUT2D eigenvalue weighted by Gasteiger charge is 2.29. The smallest absolute Gasteiger partial charge is 0.241 e. The normalized spacial score (nSPS) is 19.2. The maximum atomic E-state index is 13.0. The minimum atomic E-state index is -0.442. The second-order valence-electron chi connectivity index (χ2n) is 7.00. The Balaban J connectivity index is 2.17. The number of nitrogens with zero attached hydrogens (tertiary/aromatic N) is 3. The first-order chi connectivity index (χ1) is 11.9. The molecule has 0 spiro atoms. The Labute approximate surface area is 150 Å². The van der Waals surface area contributed by atoms with Gasteiger partial charge in [-0.15, -0.1) is 0 Å². The summed E-state index contributed by atoms with van der Waals surface area (Å²) >= 11 is 0. The van der Waals surface area contributed by atoms with E-state index >= 15 is 0 Å². The summed E-state index contributed by atoms with van der Waals surface area (Å²) in [5.74, 6) is -0.00828. The number of carbonyl (C=O) groups excluding carboxylic acids is 1. The van der Waals surface area contributed by atoms with Crippen molar-refractivity contribution in [2.45, 2.75) is 58.6 Å². The monoisotopic (exact) mass is 343 g/mol. The van der Waals surface area contributed by atoms with Crippen molar-refractivity contribution in [1.82, 2.24) is 4.90 Å². The molecular formula is C20H29N3O2. The predicted molar refractivity (Wildman–Crippen MR) is 99.4 cm³/mol. The van der Waals surface area contributed by atoms with Crippen LogP contribution in [0.15, 0.2) is 18.2 Å². The van der Waals surface area contributed by atoms with Gasteiger partial charge in [0.1, 0.15) is 0 Å². The van der Waals surface area contributed by atoms with Gasteiger partial charge in [-0.2, -0.15) is 5.26 Å². The van der Waals surface area contributed by atoms with Crippen LogP contribution in [0, 0.1) is 25.2 Å². The lowest BCUT2D eigenvalue weighted by atomic mass is 9.98. The number of aliphatic hydroxyl groups excluding tert-OH is 1. The van der Waals surface area contributed by atoms with Crippen LogP contribution in [0.1, 0.15) is 43.7 Å². The van der Waals surface area contributed by atoms with Gasteiger partial charge in [0, 0.05) is 18.3 Å². The molecule has 1 aliphatic rings. The zero-order chi connectivity index (χ0) is 18.4. The number of hydrogen-bond donors (Lipinski definition) is 1. The standard InChI is InChI=1S/C20H29N3O2/c1-15-8-9-18(13-16(15)2)23(12-6-10-21)20(25)14-22-11-5-4-7-19(22)17(3)24/h8-9,13,17,19,24H,4-7,11-12,14H2,1-3H3. The first kappa shape index (κ1) is 19.4. The zero-order valence-electron chi connectivity index (χ0n) is 15.5. The Morgan fingerprint density at radius 1 is 1.40 bits per heavy atom. The van der Waals surface area contributed by atoms with Crippen molar-refractivity contribution in [3.05, 3.63) is 29.3 Å². The van der Waals surface area contributed by atoms with E-state index in [4.69, 9.17) is 5.26 Å². The Hall–Kier alpha value is -1.90. The fourth-order valence-electron chi connectivity index (χ4n) is 3.47. The average Bonchev–Trinajstić information content (AvgIpc) is 2.58. The molecule has 0 saturated carbocycles. The third-order valence-corrected chi connectivity index (χ3v) is 5.11. The summed E-state index contributed by atoms with van der Waals surface area (Å²) in [4.78, 5) is 16.8. The minimum Gasteiger partial charge on any atom is -0.392 e. The van der Waals surface area contributed by atoms with Crippen LogP contribution in [0.5, 0.6) is 0 Å². The van der Waals surface area contributed by atoms with Crippen LogP contribution in [0.25, 0.3) is 0 Å². The highest BCUT2D eigenvalue weighted by molar-refractivity contribution is 5.95. The molecule has 0 bridgehead atoms. The van der Waals surface area contributed by atoms with Gasteiger partial charge in [-0.3, -0.25) is 9.69 Å². The summed E-state index contributed by atoms with van der Waals surface area (Å²) < 4.78 is 0.